The van der Waals surface area contributed by atoms with Gasteiger partial charge in [0.25, 0.3) is 0 Å². The third kappa shape index (κ3) is 4.08. The van der Waals surface area contributed by atoms with Crippen LogP contribution in [-0.4, -0.2) is 18.4 Å². The molecule has 2 aromatic carbocycles. The molecule has 0 heterocycles. The summed E-state index contributed by atoms with van der Waals surface area (Å²) in [7, 11) is 0. The van der Waals surface area contributed by atoms with E-state index in [1.807, 2.05) is 69.3 Å². The first-order valence-electron chi connectivity index (χ1n) is 8.53. The zero-order valence-corrected chi connectivity index (χ0v) is 15.6. The van der Waals surface area contributed by atoms with Gasteiger partial charge in [-0.25, -0.2) is 0 Å². The highest BCUT2D eigenvalue weighted by atomic mass is 16.2. The predicted octanol–water partition coefficient (Wildman–Crippen LogP) is 4.32. The molecule has 0 saturated carbocycles. The molecule has 0 bridgehead atoms. The fourth-order valence-corrected chi connectivity index (χ4v) is 2.72. The average Bonchev–Trinajstić information content (AvgIpc) is 2.58. The third-order valence-corrected chi connectivity index (χ3v) is 4.36. The monoisotopic (exact) mass is 338 g/mol. The molecule has 2 rings (SSSR count). The molecule has 4 heteroatoms. The third-order valence-electron chi connectivity index (χ3n) is 4.36. The number of nitrogens with zero attached hydrogens (tertiary/aromatic N) is 1. The highest BCUT2D eigenvalue weighted by Crippen LogP contribution is 2.26. The molecule has 25 heavy (non-hydrogen) atoms. The Morgan fingerprint density at radius 2 is 1.68 bits per heavy atom. The molecule has 1 N–H and O–H groups in total. The lowest BCUT2D eigenvalue weighted by Crippen LogP contribution is -2.47. The normalized spacial score (nSPS) is 11.1. The SMILES string of the molecule is CCN(C(=O)C(C)(C)C(=O)Nc1ccc(C)cc1C)c1ccccc1. The maximum atomic E-state index is 13.0. The highest BCUT2D eigenvalue weighted by molar-refractivity contribution is 6.15. The summed E-state index contributed by atoms with van der Waals surface area (Å²) in [4.78, 5) is 27.5. The lowest BCUT2D eigenvalue weighted by Gasteiger charge is -2.30. The van der Waals surface area contributed by atoms with Gasteiger partial charge in [-0.05, 0) is 58.4 Å². The molecule has 2 amide bonds. The van der Waals surface area contributed by atoms with Crippen molar-refractivity contribution in [2.45, 2.75) is 34.6 Å². The van der Waals surface area contributed by atoms with Crippen molar-refractivity contribution in [1.29, 1.82) is 0 Å². The van der Waals surface area contributed by atoms with E-state index < -0.39 is 5.41 Å². The standard InChI is InChI=1S/C21H26N2O2/c1-6-23(17-10-8-7-9-11-17)20(25)21(4,5)19(24)22-18-13-12-15(2)14-16(18)3/h7-14H,6H2,1-5H3,(H,22,24). The predicted molar refractivity (Wildman–Crippen MR) is 103 cm³/mol. The van der Waals surface area contributed by atoms with Crippen molar-refractivity contribution in [2.24, 2.45) is 5.41 Å². The number of para-hydroxylation sites is 1. The van der Waals surface area contributed by atoms with E-state index in [-0.39, 0.29) is 11.8 Å². The van der Waals surface area contributed by atoms with E-state index in [9.17, 15) is 9.59 Å². The van der Waals surface area contributed by atoms with Crippen LogP contribution in [0.3, 0.4) is 0 Å². The molecule has 0 radical (unpaired) electrons. The maximum Gasteiger partial charge on any atom is 0.242 e. The zero-order valence-electron chi connectivity index (χ0n) is 15.6. The number of aryl methyl sites for hydroxylation is 2. The van der Waals surface area contributed by atoms with E-state index in [0.717, 1.165) is 22.5 Å². The lowest BCUT2D eigenvalue weighted by molar-refractivity contribution is -0.136. The van der Waals surface area contributed by atoms with Gasteiger partial charge in [-0.2, -0.15) is 0 Å². The van der Waals surface area contributed by atoms with Gasteiger partial charge in [0.1, 0.15) is 5.41 Å². The molecule has 0 aliphatic carbocycles. The summed E-state index contributed by atoms with van der Waals surface area (Å²) in [5, 5.41) is 2.90. The van der Waals surface area contributed by atoms with Crippen LogP contribution in [0.2, 0.25) is 0 Å². The number of nitrogens with one attached hydrogen (secondary N) is 1. The number of carbonyl (C=O) groups is 2. The second-order valence-corrected chi connectivity index (χ2v) is 6.78. The van der Waals surface area contributed by atoms with Crippen LogP contribution in [0.4, 0.5) is 11.4 Å². The summed E-state index contributed by atoms with van der Waals surface area (Å²) < 4.78 is 0. The quantitative estimate of drug-likeness (QED) is 0.825. The Labute approximate surface area is 149 Å². The number of rotatable bonds is 5. The van der Waals surface area contributed by atoms with Gasteiger partial charge in [-0.15, -0.1) is 0 Å². The minimum Gasteiger partial charge on any atom is -0.325 e. The van der Waals surface area contributed by atoms with Crippen LogP contribution in [0.1, 0.15) is 31.9 Å². The molecular formula is C21H26N2O2. The van der Waals surface area contributed by atoms with Crippen molar-refractivity contribution in [3.05, 3.63) is 59.7 Å². The summed E-state index contributed by atoms with van der Waals surface area (Å²) >= 11 is 0. The molecule has 0 saturated heterocycles. The Kier molecular flexibility index (Phi) is 5.62. The average molecular weight is 338 g/mol. The van der Waals surface area contributed by atoms with E-state index in [1.54, 1.807) is 18.7 Å². The second kappa shape index (κ2) is 7.51. The van der Waals surface area contributed by atoms with Crippen molar-refractivity contribution < 1.29 is 9.59 Å². The largest absolute Gasteiger partial charge is 0.325 e. The minimum absolute atomic E-state index is 0.219. The molecule has 0 unspecified atom stereocenters. The minimum atomic E-state index is -1.18. The number of amides is 2. The number of benzene rings is 2. The summed E-state index contributed by atoms with van der Waals surface area (Å²) in [6.45, 7) is 9.69. The van der Waals surface area contributed by atoms with Crippen LogP contribution < -0.4 is 10.2 Å². The van der Waals surface area contributed by atoms with Gasteiger partial charge in [-0.3, -0.25) is 9.59 Å². The fourth-order valence-electron chi connectivity index (χ4n) is 2.72. The molecule has 132 valence electrons. The molecule has 0 aliphatic rings. The lowest BCUT2D eigenvalue weighted by atomic mass is 9.89. The van der Waals surface area contributed by atoms with E-state index >= 15 is 0 Å². The molecule has 2 aromatic rings. The summed E-state index contributed by atoms with van der Waals surface area (Å²) in [6.07, 6.45) is 0. The van der Waals surface area contributed by atoms with Gasteiger partial charge >= 0.3 is 0 Å². The Bertz CT molecular complexity index is 767. The van der Waals surface area contributed by atoms with Crippen LogP contribution >= 0.6 is 0 Å². The topological polar surface area (TPSA) is 49.4 Å². The molecule has 0 spiro atoms. The Hall–Kier alpha value is -2.62. The van der Waals surface area contributed by atoms with Crippen molar-refractivity contribution in [1.82, 2.24) is 0 Å². The van der Waals surface area contributed by atoms with Crippen LogP contribution in [0.5, 0.6) is 0 Å². The van der Waals surface area contributed by atoms with Crippen LogP contribution in [0.15, 0.2) is 48.5 Å². The van der Waals surface area contributed by atoms with Crippen molar-refractivity contribution in [2.75, 3.05) is 16.8 Å². The first-order chi connectivity index (χ1) is 11.8. The van der Waals surface area contributed by atoms with Crippen LogP contribution in [0.25, 0.3) is 0 Å². The smallest absolute Gasteiger partial charge is 0.242 e. The van der Waals surface area contributed by atoms with Gasteiger partial charge in [0.2, 0.25) is 11.8 Å². The Balaban J connectivity index is 2.23. The highest BCUT2D eigenvalue weighted by Gasteiger charge is 2.39. The second-order valence-electron chi connectivity index (χ2n) is 6.78. The molecule has 4 nitrogen and oxygen atoms in total. The Morgan fingerprint density at radius 1 is 1.04 bits per heavy atom. The summed E-state index contributed by atoms with van der Waals surface area (Å²) in [5.41, 5.74) is 2.46. The van der Waals surface area contributed by atoms with E-state index in [2.05, 4.69) is 5.32 Å². The van der Waals surface area contributed by atoms with Crippen molar-refractivity contribution >= 4 is 23.2 Å². The van der Waals surface area contributed by atoms with Crippen molar-refractivity contribution in [3.8, 4) is 0 Å². The van der Waals surface area contributed by atoms with Crippen molar-refractivity contribution in [3.63, 3.8) is 0 Å². The Morgan fingerprint density at radius 3 is 2.24 bits per heavy atom. The number of anilines is 2. The molecule has 0 fully saturated rings. The van der Waals surface area contributed by atoms with Gasteiger partial charge in [0, 0.05) is 17.9 Å². The molecule has 0 aromatic heterocycles. The first kappa shape index (κ1) is 18.7. The zero-order chi connectivity index (χ0) is 18.6. The fraction of sp³-hybridized carbons (Fsp3) is 0.333. The first-order valence-corrected chi connectivity index (χ1v) is 8.53. The van der Waals surface area contributed by atoms with Gasteiger partial charge < -0.3 is 10.2 Å². The summed E-state index contributed by atoms with van der Waals surface area (Å²) in [6, 6.07) is 15.2. The number of carbonyl (C=O) groups excluding carboxylic acids is 2. The molecule has 0 aliphatic heterocycles. The van der Waals surface area contributed by atoms with Gasteiger partial charge in [-0.1, -0.05) is 35.9 Å². The van der Waals surface area contributed by atoms with Gasteiger partial charge in [0.05, 0.1) is 0 Å². The molecule has 0 atom stereocenters. The summed E-state index contributed by atoms with van der Waals surface area (Å²) in [5.74, 6) is -0.526. The number of hydrogen-bond donors (Lipinski definition) is 1. The van der Waals surface area contributed by atoms with E-state index in [4.69, 9.17) is 0 Å². The van der Waals surface area contributed by atoms with Crippen LogP contribution in [0, 0.1) is 19.3 Å². The van der Waals surface area contributed by atoms with Gasteiger partial charge in [0.15, 0.2) is 0 Å². The molecular weight excluding hydrogens is 312 g/mol. The van der Waals surface area contributed by atoms with E-state index in [1.165, 1.54) is 0 Å². The van der Waals surface area contributed by atoms with E-state index in [0.29, 0.717) is 6.54 Å². The van der Waals surface area contributed by atoms with Crippen LogP contribution in [-0.2, 0) is 9.59 Å². The number of hydrogen-bond acceptors (Lipinski definition) is 2. The maximum absolute atomic E-state index is 13.0.